The number of carbonyl (C=O) groups is 3. The fourth-order valence-electron chi connectivity index (χ4n) is 3.26. The molecule has 0 aliphatic heterocycles. The van der Waals surface area contributed by atoms with Gasteiger partial charge in [-0.1, -0.05) is 35.9 Å². The lowest BCUT2D eigenvalue weighted by Gasteiger charge is -2.11. The summed E-state index contributed by atoms with van der Waals surface area (Å²) in [6.07, 6.45) is 0.554. The highest BCUT2D eigenvalue weighted by Crippen LogP contribution is 2.27. The van der Waals surface area contributed by atoms with E-state index in [-0.39, 0.29) is 16.9 Å². The number of ketones is 1. The van der Waals surface area contributed by atoms with Crippen LogP contribution in [-0.4, -0.2) is 45.0 Å². The minimum Gasteiger partial charge on any atom is -0.493 e. The molecule has 0 aromatic heterocycles. The maximum atomic E-state index is 12.8. The summed E-state index contributed by atoms with van der Waals surface area (Å²) >= 11 is 5.88. The monoisotopic (exact) mass is 481 g/mol. The Hall–Kier alpha value is -3.84. The van der Waals surface area contributed by atoms with E-state index in [9.17, 15) is 14.4 Å². The summed E-state index contributed by atoms with van der Waals surface area (Å²) in [7, 11) is 3.12. The van der Waals surface area contributed by atoms with Crippen LogP contribution in [0.4, 0.5) is 0 Å². The number of halogens is 1. The van der Waals surface area contributed by atoms with E-state index in [1.54, 1.807) is 56.7 Å². The average Bonchev–Trinajstić information content (AvgIpc) is 2.87. The van der Waals surface area contributed by atoms with Gasteiger partial charge >= 0.3 is 5.97 Å². The highest BCUT2D eigenvalue weighted by atomic mass is 35.5. The van der Waals surface area contributed by atoms with Gasteiger partial charge in [0.1, 0.15) is 0 Å². The summed E-state index contributed by atoms with van der Waals surface area (Å²) in [6, 6.07) is 18.2. The molecule has 3 rings (SSSR count). The first-order chi connectivity index (χ1) is 16.4. The predicted molar refractivity (Wildman–Crippen MR) is 128 cm³/mol. The number of methoxy groups -OCH3 is 2. The zero-order valence-electron chi connectivity index (χ0n) is 18.8. The molecule has 0 atom stereocenters. The predicted octanol–water partition coefficient (Wildman–Crippen LogP) is 4.10. The van der Waals surface area contributed by atoms with Gasteiger partial charge in [-0.2, -0.15) is 0 Å². The van der Waals surface area contributed by atoms with E-state index in [4.69, 9.17) is 25.8 Å². The zero-order chi connectivity index (χ0) is 24.5. The number of hydrogen-bond donors (Lipinski definition) is 1. The minimum absolute atomic E-state index is 0.0839. The van der Waals surface area contributed by atoms with Crippen LogP contribution in [0.2, 0.25) is 5.02 Å². The molecule has 0 saturated heterocycles. The van der Waals surface area contributed by atoms with E-state index in [2.05, 4.69) is 5.32 Å². The molecule has 176 valence electrons. The molecule has 34 heavy (non-hydrogen) atoms. The van der Waals surface area contributed by atoms with Gasteiger partial charge in [0.25, 0.3) is 5.91 Å². The number of carbonyl (C=O) groups excluding carboxylic acids is 3. The van der Waals surface area contributed by atoms with E-state index < -0.39 is 18.5 Å². The van der Waals surface area contributed by atoms with Gasteiger partial charge in [0, 0.05) is 22.7 Å². The van der Waals surface area contributed by atoms with E-state index in [1.165, 1.54) is 12.1 Å². The van der Waals surface area contributed by atoms with Crippen molar-refractivity contribution in [2.75, 3.05) is 27.4 Å². The minimum atomic E-state index is -0.757. The van der Waals surface area contributed by atoms with Crippen LogP contribution in [-0.2, 0) is 16.0 Å². The number of esters is 1. The van der Waals surface area contributed by atoms with Gasteiger partial charge in [0.15, 0.2) is 23.9 Å². The molecule has 8 heteroatoms. The maximum Gasteiger partial charge on any atom is 0.339 e. The number of ether oxygens (including phenoxy) is 3. The Bertz CT molecular complexity index is 1180. The highest BCUT2D eigenvalue weighted by Gasteiger charge is 2.20. The topological polar surface area (TPSA) is 90.9 Å². The van der Waals surface area contributed by atoms with Crippen molar-refractivity contribution < 1.29 is 28.6 Å². The molecular weight excluding hydrogens is 458 g/mol. The van der Waals surface area contributed by atoms with E-state index >= 15 is 0 Å². The molecule has 0 heterocycles. The smallest absolute Gasteiger partial charge is 0.339 e. The van der Waals surface area contributed by atoms with Crippen LogP contribution in [0.3, 0.4) is 0 Å². The van der Waals surface area contributed by atoms with Crippen molar-refractivity contribution in [3.8, 4) is 11.5 Å². The van der Waals surface area contributed by atoms with E-state index in [0.717, 1.165) is 5.56 Å². The van der Waals surface area contributed by atoms with Gasteiger partial charge in [-0.3, -0.25) is 9.59 Å². The van der Waals surface area contributed by atoms with Gasteiger partial charge < -0.3 is 19.5 Å². The molecule has 7 nitrogen and oxygen atoms in total. The molecule has 3 aromatic carbocycles. The molecule has 0 unspecified atom stereocenters. The fraction of sp³-hybridized carbons (Fsp3) is 0.192. The third-order valence-corrected chi connectivity index (χ3v) is 5.27. The number of hydrogen-bond acceptors (Lipinski definition) is 6. The van der Waals surface area contributed by atoms with Gasteiger partial charge in [-0.15, -0.1) is 0 Å². The SMILES string of the molecule is COc1ccc(CCNC(=O)COC(=O)c2ccccc2C(=O)c2ccc(Cl)cc2)cc1OC. The van der Waals surface area contributed by atoms with E-state index in [0.29, 0.717) is 35.1 Å². The second kappa shape index (κ2) is 11.9. The van der Waals surface area contributed by atoms with Crippen LogP contribution in [0, 0.1) is 0 Å². The molecule has 3 aromatic rings. The van der Waals surface area contributed by atoms with Crippen molar-refractivity contribution in [1.82, 2.24) is 5.32 Å². The van der Waals surface area contributed by atoms with Crippen LogP contribution in [0.15, 0.2) is 66.7 Å². The molecular formula is C26H24ClNO6. The van der Waals surface area contributed by atoms with Gasteiger partial charge in [0.05, 0.1) is 19.8 Å². The molecule has 0 aliphatic rings. The fourth-order valence-corrected chi connectivity index (χ4v) is 3.38. The molecule has 0 fully saturated rings. The lowest BCUT2D eigenvalue weighted by atomic mass is 9.98. The number of nitrogens with one attached hydrogen (secondary N) is 1. The average molecular weight is 482 g/mol. The number of benzene rings is 3. The molecule has 1 amide bonds. The Morgan fingerprint density at radius 2 is 1.53 bits per heavy atom. The number of amides is 1. The quantitative estimate of drug-likeness (QED) is 0.346. The Kier molecular flexibility index (Phi) is 8.65. The first-order valence-electron chi connectivity index (χ1n) is 10.5. The lowest BCUT2D eigenvalue weighted by Crippen LogP contribution is -2.30. The maximum absolute atomic E-state index is 12.8. The Labute approximate surface area is 202 Å². The summed E-state index contributed by atoms with van der Waals surface area (Å²) in [5, 5.41) is 3.21. The Morgan fingerprint density at radius 1 is 0.853 bits per heavy atom. The normalized spacial score (nSPS) is 10.3. The third-order valence-electron chi connectivity index (χ3n) is 5.02. The number of rotatable bonds is 10. The third kappa shape index (κ3) is 6.36. The largest absolute Gasteiger partial charge is 0.493 e. The van der Waals surface area contributed by atoms with Crippen molar-refractivity contribution in [2.24, 2.45) is 0 Å². The standard InChI is InChI=1S/C26H24ClNO6/c1-32-22-12-7-17(15-23(22)33-2)13-14-28-24(29)16-34-26(31)21-6-4-3-5-20(21)25(30)18-8-10-19(27)11-9-18/h3-12,15H,13-14,16H2,1-2H3,(H,28,29). The van der Waals surface area contributed by atoms with Gasteiger partial charge in [-0.05, 0) is 54.4 Å². The lowest BCUT2D eigenvalue weighted by molar-refractivity contribution is -0.124. The van der Waals surface area contributed by atoms with Crippen molar-refractivity contribution in [3.63, 3.8) is 0 Å². The van der Waals surface area contributed by atoms with Crippen molar-refractivity contribution in [3.05, 3.63) is 94.0 Å². The van der Waals surface area contributed by atoms with Crippen molar-refractivity contribution in [2.45, 2.75) is 6.42 Å². The second-order valence-electron chi connectivity index (χ2n) is 7.25. The van der Waals surface area contributed by atoms with Gasteiger partial charge in [-0.25, -0.2) is 4.79 Å². The first kappa shape index (κ1) is 24.8. The zero-order valence-corrected chi connectivity index (χ0v) is 19.6. The van der Waals surface area contributed by atoms with E-state index in [1.807, 2.05) is 12.1 Å². The summed E-state index contributed by atoms with van der Waals surface area (Å²) in [4.78, 5) is 37.6. The van der Waals surface area contributed by atoms with Crippen molar-refractivity contribution in [1.29, 1.82) is 0 Å². The molecule has 1 N–H and O–H groups in total. The Balaban J connectivity index is 1.54. The van der Waals surface area contributed by atoms with Crippen LogP contribution in [0.5, 0.6) is 11.5 Å². The summed E-state index contributed by atoms with van der Waals surface area (Å²) in [6.45, 7) is -0.119. The molecule has 0 aliphatic carbocycles. The first-order valence-corrected chi connectivity index (χ1v) is 10.8. The molecule has 0 bridgehead atoms. The van der Waals surface area contributed by atoms with Crippen LogP contribution in [0.1, 0.15) is 31.8 Å². The second-order valence-corrected chi connectivity index (χ2v) is 7.68. The van der Waals surface area contributed by atoms with Gasteiger partial charge in [0.2, 0.25) is 0 Å². The summed E-state index contributed by atoms with van der Waals surface area (Å²) in [5.41, 5.74) is 1.60. The summed E-state index contributed by atoms with van der Waals surface area (Å²) in [5.74, 6) is -0.323. The summed E-state index contributed by atoms with van der Waals surface area (Å²) < 4.78 is 15.6. The molecule has 0 radical (unpaired) electrons. The van der Waals surface area contributed by atoms with Crippen LogP contribution < -0.4 is 14.8 Å². The highest BCUT2D eigenvalue weighted by molar-refractivity contribution is 6.30. The molecule has 0 saturated carbocycles. The molecule has 0 spiro atoms. The Morgan fingerprint density at radius 3 is 2.21 bits per heavy atom. The van der Waals surface area contributed by atoms with Crippen LogP contribution >= 0.6 is 11.6 Å². The van der Waals surface area contributed by atoms with Crippen LogP contribution in [0.25, 0.3) is 0 Å². The van der Waals surface area contributed by atoms with Crippen molar-refractivity contribution >= 4 is 29.3 Å².